The Labute approximate surface area is 107 Å². The lowest BCUT2D eigenvalue weighted by atomic mass is 9.78. The van der Waals surface area contributed by atoms with Gasteiger partial charge in [0.05, 0.1) is 0 Å². The molecular formula is C15H19F2N. The predicted octanol–water partition coefficient (Wildman–Crippen LogP) is 3.55. The van der Waals surface area contributed by atoms with E-state index in [1.54, 1.807) is 0 Å². The van der Waals surface area contributed by atoms with Crippen LogP contribution in [0.25, 0.3) is 0 Å². The summed E-state index contributed by atoms with van der Waals surface area (Å²) in [4.78, 5) is 0. The molecule has 1 N–H and O–H groups in total. The molecule has 0 saturated carbocycles. The molecule has 0 heterocycles. The highest BCUT2D eigenvalue weighted by Gasteiger charge is 2.33. The van der Waals surface area contributed by atoms with Crippen molar-refractivity contribution in [1.82, 2.24) is 5.32 Å². The lowest BCUT2D eigenvalue weighted by Gasteiger charge is -2.31. The minimum absolute atomic E-state index is 0.201. The Morgan fingerprint density at radius 1 is 1.11 bits per heavy atom. The van der Waals surface area contributed by atoms with Crippen LogP contribution in [0.3, 0.4) is 0 Å². The molecule has 1 nitrogen and oxygen atoms in total. The molecular weight excluding hydrogens is 232 g/mol. The third-order valence-electron chi connectivity index (χ3n) is 3.51. The van der Waals surface area contributed by atoms with Gasteiger partial charge in [0, 0.05) is 24.1 Å². The number of hydrogen-bond donors (Lipinski definition) is 1. The van der Waals surface area contributed by atoms with Gasteiger partial charge in [-0.2, -0.15) is 0 Å². The minimum Gasteiger partial charge on any atom is -0.314 e. The summed E-state index contributed by atoms with van der Waals surface area (Å²) in [6.45, 7) is 4.88. The molecule has 0 aromatic heterocycles. The maximum Gasteiger partial charge on any atom is 0.126 e. The fourth-order valence-electron chi connectivity index (χ4n) is 2.44. The van der Waals surface area contributed by atoms with Crippen LogP contribution in [0.15, 0.2) is 30.4 Å². The van der Waals surface area contributed by atoms with Gasteiger partial charge in [0.2, 0.25) is 0 Å². The zero-order chi connectivity index (χ0) is 13.2. The second-order valence-electron chi connectivity index (χ2n) is 5.35. The monoisotopic (exact) mass is 251 g/mol. The number of nitrogens with one attached hydrogen (secondary N) is 1. The molecule has 1 aliphatic rings. The van der Waals surface area contributed by atoms with E-state index in [0.717, 1.165) is 31.0 Å². The maximum absolute atomic E-state index is 13.4. The van der Waals surface area contributed by atoms with Gasteiger partial charge in [-0.1, -0.05) is 26.0 Å². The molecule has 0 unspecified atom stereocenters. The molecule has 0 fully saturated rings. The van der Waals surface area contributed by atoms with Crippen LogP contribution in [0.5, 0.6) is 0 Å². The quantitative estimate of drug-likeness (QED) is 0.807. The van der Waals surface area contributed by atoms with Crippen molar-refractivity contribution in [3.8, 4) is 0 Å². The van der Waals surface area contributed by atoms with Crippen LogP contribution in [0.2, 0.25) is 0 Å². The fourth-order valence-corrected chi connectivity index (χ4v) is 2.44. The average molecular weight is 251 g/mol. The number of halogens is 2. The average Bonchev–Trinajstić information content (AvgIpc) is 2.75. The Morgan fingerprint density at radius 2 is 1.67 bits per heavy atom. The summed E-state index contributed by atoms with van der Waals surface area (Å²) in [6, 6.07) is 4.20. The summed E-state index contributed by atoms with van der Waals surface area (Å²) in [5.74, 6) is -0.998. The second kappa shape index (κ2) is 5.19. The molecule has 2 rings (SSSR count). The normalized spacial score (nSPS) is 17.6. The Kier molecular flexibility index (Phi) is 3.81. The van der Waals surface area contributed by atoms with Crippen LogP contribution in [0.4, 0.5) is 8.78 Å². The van der Waals surface area contributed by atoms with Gasteiger partial charge in [-0.05, 0) is 30.5 Å². The van der Waals surface area contributed by atoms with Crippen molar-refractivity contribution < 1.29 is 8.78 Å². The number of benzene rings is 1. The minimum atomic E-state index is -0.499. The van der Waals surface area contributed by atoms with E-state index >= 15 is 0 Å². The first kappa shape index (κ1) is 13.2. The highest BCUT2D eigenvalue weighted by atomic mass is 19.1. The predicted molar refractivity (Wildman–Crippen MR) is 69.5 cm³/mol. The number of allylic oxidation sites excluding steroid dienone is 2. The smallest absolute Gasteiger partial charge is 0.126 e. The van der Waals surface area contributed by atoms with Gasteiger partial charge in [-0.3, -0.25) is 0 Å². The van der Waals surface area contributed by atoms with Crippen LogP contribution >= 0.6 is 0 Å². The first-order valence-corrected chi connectivity index (χ1v) is 6.37. The second-order valence-corrected chi connectivity index (χ2v) is 5.35. The molecule has 98 valence electrons. The van der Waals surface area contributed by atoms with Crippen molar-refractivity contribution in [2.24, 2.45) is 0 Å². The Bertz CT molecular complexity index is 424. The van der Waals surface area contributed by atoms with Gasteiger partial charge in [0.25, 0.3) is 0 Å². The molecule has 1 aromatic rings. The van der Waals surface area contributed by atoms with Gasteiger partial charge in [-0.25, -0.2) is 8.78 Å². The third-order valence-corrected chi connectivity index (χ3v) is 3.51. The molecule has 1 aromatic carbocycles. The standard InChI is InChI=1S/C15H19F2N/c1-11(2)18-10-15(5-3-4-6-15)12-7-13(16)9-14(17)8-12/h3-4,7-9,11,18H,5-6,10H2,1-2H3. The van der Waals surface area contributed by atoms with Crippen molar-refractivity contribution in [3.63, 3.8) is 0 Å². The zero-order valence-electron chi connectivity index (χ0n) is 10.8. The summed E-state index contributed by atoms with van der Waals surface area (Å²) in [5, 5.41) is 3.38. The summed E-state index contributed by atoms with van der Waals surface area (Å²) >= 11 is 0. The largest absolute Gasteiger partial charge is 0.314 e. The zero-order valence-corrected chi connectivity index (χ0v) is 10.8. The van der Waals surface area contributed by atoms with E-state index in [1.165, 1.54) is 12.1 Å². The first-order valence-electron chi connectivity index (χ1n) is 6.37. The van der Waals surface area contributed by atoms with Gasteiger partial charge in [-0.15, -0.1) is 0 Å². The molecule has 0 aliphatic heterocycles. The van der Waals surface area contributed by atoms with Crippen LogP contribution in [0, 0.1) is 11.6 Å². The van der Waals surface area contributed by atoms with Gasteiger partial charge in [0.15, 0.2) is 0 Å². The first-order chi connectivity index (χ1) is 8.52. The summed E-state index contributed by atoms with van der Waals surface area (Å²) in [6.07, 6.45) is 5.83. The van der Waals surface area contributed by atoms with E-state index in [2.05, 4.69) is 31.3 Å². The van der Waals surface area contributed by atoms with Crippen molar-refractivity contribution in [3.05, 3.63) is 47.5 Å². The Hall–Kier alpha value is -1.22. The van der Waals surface area contributed by atoms with E-state index in [9.17, 15) is 8.78 Å². The van der Waals surface area contributed by atoms with E-state index in [4.69, 9.17) is 0 Å². The molecule has 1 aliphatic carbocycles. The molecule has 0 bridgehead atoms. The van der Waals surface area contributed by atoms with Crippen LogP contribution in [-0.2, 0) is 5.41 Å². The van der Waals surface area contributed by atoms with Gasteiger partial charge in [0.1, 0.15) is 11.6 Å². The van der Waals surface area contributed by atoms with Crippen molar-refractivity contribution in [1.29, 1.82) is 0 Å². The molecule has 18 heavy (non-hydrogen) atoms. The van der Waals surface area contributed by atoms with Crippen molar-refractivity contribution in [2.45, 2.75) is 38.1 Å². The highest BCUT2D eigenvalue weighted by Crippen LogP contribution is 2.37. The van der Waals surface area contributed by atoms with Crippen molar-refractivity contribution >= 4 is 0 Å². The molecule has 0 amide bonds. The third kappa shape index (κ3) is 2.78. The van der Waals surface area contributed by atoms with E-state index < -0.39 is 11.6 Å². The van der Waals surface area contributed by atoms with Crippen LogP contribution in [-0.4, -0.2) is 12.6 Å². The summed E-state index contributed by atoms with van der Waals surface area (Å²) in [7, 11) is 0. The summed E-state index contributed by atoms with van der Waals surface area (Å²) < 4.78 is 26.7. The van der Waals surface area contributed by atoms with E-state index in [1.807, 2.05) is 0 Å². The van der Waals surface area contributed by atoms with Crippen LogP contribution < -0.4 is 5.32 Å². The highest BCUT2D eigenvalue weighted by molar-refractivity contribution is 5.32. The van der Waals surface area contributed by atoms with Gasteiger partial charge >= 0.3 is 0 Å². The van der Waals surface area contributed by atoms with Gasteiger partial charge < -0.3 is 5.32 Å². The van der Waals surface area contributed by atoms with E-state index in [-0.39, 0.29) is 5.41 Å². The Balaban J connectivity index is 2.29. The van der Waals surface area contributed by atoms with E-state index in [0.29, 0.717) is 6.04 Å². The fraction of sp³-hybridized carbons (Fsp3) is 0.467. The topological polar surface area (TPSA) is 12.0 Å². The lowest BCUT2D eigenvalue weighted by Crippen LogP contribution is -2.39. The molecule has 0 radical (unpaired) electrons. The lowest BCUT2D eigenvalue weighted by molar-refractivity contribution is 0.395. The maximum atomic E-state index is 13.4. The van der Waals surface area contributed by atoms with Crippen LogP contribution in [0.1, 0.15) is 32.3 Å². The van der Waals surface area contributed by atoms with Crippen molar-refractivity contribution in [2.75, 3.05) is 6.54 Å². The molecule has 0 spiro atoms. The number of rotatable bonds is 4. The summed E-state index contributed by atoms with van der Waals surface area (Å²) in [5.41, 5.74) is 0.547. The molecule has 3 heteroatoms. The Morgan fingerprint density at radius 3 is 2.17 bits per heavy atom. The number of hydrogen-bond acceptors (Lipinski definition) is 1. The molecule has 0 atom stereocenters. The SMILES string of the molecule is CC(C)NCC1(c2cc(F)cc(F)c2)CC=CC1. The molecule has 0 saturated heterocycles.